The number of unbranched alkanes of at least 4 members (excludes halogenated alkanes) is 2. The first-order chi connectivity index (χ1) is 14.8. The first-order valence-electron chi connectivity index (χ1n) is 10.8. The minimum atomic E-state index is 0.0505. The smallest absolute Gasteiger partial charge is 0.248 e. The van der Waals surface area contributed by atoms with E-state index >= 15 is 0 Å². The summed E-state index contributed by atoms with van der Waals surface area (Å²) in [5.41, 5.74) is 3.48. The number of rotatable bonds is 12. The van der Waals surface area contributed by atoms with Crippen molar-refractivity contribution in [1.29, 1.82) is 0 Å². The highest BCUT2D eigenvalue weighted by Crippen LogP contribution is 2.12. The lowest BCUT2D eigenvalue weighted by Gasteiger charge is -2.24. The van der Waals surface area contributed by atoms with Crippen LogP contribution in [0, 0.1) is 0 Å². The van der Waals surface area contributed by atoms with Crippen LogP contribution < -0.4 is 0 Å². The monoisotopic (exact) mass is 404 g/mol. The molecule has 158 valence electrons. The molecule has 1 aromatic heterocycles. The number of hydrogen-bond acceptors (Lipinski definition) is 2. The summed E-state index contributed by atoms with van der Waals surface area (Å²) in [6.07, 6.45) is 5.36. The molecule has 0 N–H and O–H groups in total. The minimum Gasteiger partial charge on any atom is -0.367 e. The fourth-order valence-corrected chi connectivity index (χ4v) is 3.49. The third kappa shape index (κ3) is 6.89. The Bertz CT molecular complexity index is 874. The van der Waals surface area contributed by atoms with Gasteiger partial charge in [0.25, 0.3) is 0 Å². The number of nitrogens with zero attached hydrogens (tertiary/aromatic N) is 2. The predicted octanol–water partition coefficient (Wildman–Crippen LogP) is 5.27. The number of aromatic nitrogens is 1. The molecule has 4 nitrogen and oxygen atoms in total. The van der Waals surface area contributed by atoms with Crippen molar-refractivity contribution in [2.24, 2.45) is 0 Å². The van der Waals surface area contributed by atoms with Gasteiger partial charge in [0, 0.05) is 25.0 Å². The fraction of sp³-hybridized carbons (Fsp3) is 0.346. The lowest BCUT2D eigenvalue weighted by Crippen LogP contribution is -2.35. The lowest BCUT2D eigenvalue weighted by molar-refractivity contribution is -0.137. The number of carbonyl (C=O) groups is 1. The third-order valence-corrected chi connectivity index (χ3v) is 5.19. The van der Waals surface area contributed by atoms with Crippen LogP contribution in [0.1, 0.15) is 43.0 Å². The van der Waals surface area contributed by atoms with E-state index in [1.54, 1.807) is 0 Å². The highest BCUT2D eigenvalue weighted by Gasteiger charge is 2.16. The van der Waals surface area contributed by atoms with E-state index in [1.807, 2.05) is 41.3 Å². The van der Waals surface area contributed by atoms with Gasteiger partial charge in [-0.15, -0.1) is 0 Å². The van der Waals surface area contributed by atoms with Gasteiger partial charge in [0.05, 0.1) is 13.2 Å². The van der Waals surface area contributed by atoms with Crippen LogP contribution in [-0.2, 0) is 29.2 Å². The Labute approximate surface area is 180 Å². The molecule has 0 fully saturated rings. The topological polar surface area (TPSA) is 34.5 Å². The van der Waals surface area contributed by atoms with Gasteiger partial charge in [-0.05, 0) is 29.7 Å². The SMILES string of the molecule is CCCCCN(Cc1cccn1Cc1ccccc1)C(=O)COCc1ccccc1. The van der Waals surface area contributed by atoms with Gasteiger partial charge in [0.15, 0.2) is 0 Å². The summed E-state index contributed by atoms with van der Waals surface area (Å²) >= 11 is 0. The molecule has 0 saturated heterocycles. The molecule has 0 radical (unpaired) electrons. The summed E-state index contributed by atoms with van der Waals surface area (Å²) in [7, 11) is 0. The molecule has 3 aromatic rings. The van der Waals surface area contributed by atoms with Crippen LogP contribution >= 0.6 is 0 Å². The van der Waals surface area contributed by atoms with Gasteiger partial charge in [-0.1, -0.05) is 80.4 Å². The molecular formula is C26H32N2O2. The maximum absolute atomic E-state index is 12.9. The zero-order valence-corrected chi connectivity index (χ0v) is 17.9. The Hall–Kier alpha value is -2.85. The van der Waals surface area contributed by atoms with Crippen molar-refractivity contribution in [3.8, 4) is 0 Å². The van der Waals surface area contributed by atoms with Gasteiger partial charge in [0.2, 0.25) is 5.91 Å². The number of benzene rings is 2. The van der Waals surface area contributed by atoms with E-state index < -0.39 is 0 Å². The number of hydrogen-bond donors (Lipinski definition) is 0. The zero-order chi connectivity index (χ0) is 21.0. The maximum Gasteiger partial charge on any atom is 0.248 e. The van der Waals surface area contributed by atoms with Crippen LogP contribution in [-0.4, -0.2) is 28.5 Å². The summed E-state index contributed by atoms with van der Waals surface area (Å²) in [5.74, 6) is 0.0505. The second-order valence-electron chi connectivity index (χ2n) is 7.61. The molecule has 0 saturated carbocycles. The Morgan fingerprint density at radius 2 is 1.60 bits per heavy atom. The minimum absolute atomic E-state index is 0.0505. The number of amides is 1. The summed E-state index contributed by atoms with van der Waals surface area (Å²) in [4.78, 5) is 14.9. The van der Waals surface area contributed by atoms with Crippen LogP contribution in [0.5, 0.6) is 0 Å². The first kappa shape index (κ1) is 21.8. The third-order valence-electron chi connectivity index (χ3n) is 5.19. The molecule has 1 heterocycles. The van der Waals surface area contributed by atoms with Crippen molar-refractivity contribution in [2.45, 2.75) is 45.9 Å². The summed E-state index contributed by atoms with van der Waals surface area (Å²) in [5, 5.41) is 0. The molecular weight excluding hydrogens is 372 g/mol. The molecule has 4 heteroatoms. The van der Waals surface area contributed by atoms with Crippen LogP contribution in [0.4, 0.5) is 0 Å². The average molecular weight is 405 g/mol. The summed E-state index contributed by atoms with van der Waals surface area (Å²) in [6, 6.07) is 24.5. The van der Waals surface area contributed by atoms with Crippen molar-refractivity contribution >= 4 is 5.91 Å². The van der Waals surface area contributed by atoms with Crippen LogP contribution in [0.15, 0.2) is 79.0 Å². The second-order valence-corrected chi connectivity index (χ2v) is 7.61. The van der Waals surface area contributed by atoms with E-state index in [-0.39, 0.29) is 12.5 Å². The number of carbonyl (C=O) groups excluding carboxylic acids is 1. The highest BCUT2D eigenvalue weighted by molar-refractivity contribution is 5.77. The van der Waals surface area contributed by atoms with Crippen molar-refractivity contribution in [3.05, 3.63) is 95.8 Å². The van der Waals surface area contributed by atoms with Crippen LogP contribution in [0.2, 0.25) is 0 Å². The Kier molecular flexibility index (Phi) is 8.73. The van der Waals surface area contributed by atoms with Crippen LogP contribution in [0.25, 0.3) is 0 Å². The molecule has 0 unspecified atom stereocenters. The molecule has 0 aliphatic rings. The summed E-state index contributed by atoms with van der Waals surface area (Å²) < 4.78 is 7.94. The molecule has 0 aliphatic carbocycles. The first-order valence-corrected chi connectivity index (χ1v) is 10.8. The average Bonchev–Trinajstić information content (AvgIpc) is 3.21. The Morgan fingerprint density at radius 1 is 0.900 bits per heavy atom. The van der Waals surface area contributed by atoms with E-state index in [0.717, 1.165) is 43.6 Å². The molecule has 0 atom stereocenters. The standard InChI is InChI=1S/C26H32N2O2/c1-2-3-10-17-28(26(29)22-30-21-24-14-8-5-9-15-24)20-25-16-11-18-27(25)19-23-12-6-4-7-13-23/h4-9,11-16,18H,2-3,10,17,19-22H2,1H3. The highest BCUT2D eigenvalue weighted by atomic mass is 16.5. The quantitative estimate of drug-likeness (QED) is 0.385. The Morgan fingerprint density at radius 3 is 2.30 bits per heavy atom. The van der Waals surface area contributed by atoms with Crippen LogP contribution in [0.3, 0.4) is 0 Å². The molecule has 0 bridgehead atoms. The molecule has 2 aromatic carbocycles. The normalized spacial score (nSPS) is 10.8. The summed E-state index contributed by atoms with van der Waals surface area (Å²) in [6.45, 7) is 4.93. The van der Waals surface area contributed by atoms with Gasteiger partial charge in [-0.3, -0.25) is 4.79 Å². The van der Waals surface area contributed by atoms with E-state index in [9.17, 15) is 4.79 Å². The fourth-order valence-electron chi connectivity index (χ4n) is 3.49. The Balaban J connectivity index is 1.60. The van der Waals surface area contributed by atoms with Crippen molar-refractivity contribution in [3.63, 3.8) is 0 Å². The largest absolute Gasteiger partial charge is 0.367 e. The van der Waals surface area contributed by atoms with Gasteiger partial charge < -0.3 is 14.2 Å². The van der Waals surface area contributed by atoms with Gasteiger partial charge in [0.1, 0.15) is 6.61 Å². The van der Waals surface area contributed by atoms with Gasteiger partial charge >= 0.3 is 0 Å². The number of ether oxygens (including phenoxy) is 1. The molecule has 3 rings (SSSR count). The van der Waals surface area contributed by atoms with E-state index in [2.05, 4.69) is 54.1 Å². The lowest BCUT2D eigenvalue weighted by atomic mass is 10.2. The zero-order valence-electron chi connectivity index (χ0n) is 17.9. The molecule has 0 spiro atoms. The van der Waals surface area contributed by atoms with Gasteiger partial charge in [-0.2, -0.15) is 0 Å². The van der Waals surface area contributed by atoms with E-state index in [0.29, 0.717) is 13.2 Å². The second kappa shape index (κ2) is 12.0. The van der Waals surface area contributed by atoms with E-state index in [4.69, 9.17) is 4.74 Å². The molecule has 30 heavy (non-hydrogen) atoms. The molecule has 0 aliphatic heterocycles. The molecule has 1 amide bonds. The predicted molar refractivity (Wildman–Crippen MR) is 121 cm³/mol. The van der Waals surface area contributed by atoms with Crippen molar-refractivity contribution in [1.82, 2.24) is 9.47 Å². The maximum atomic E-state index is 12.9. The van der Waals surface area contributed by atoms with Crippen molar-refractivity contribution in [2.75, 3.05) is 13.2 Å². The van der Waals surface area contributed by atoms with Gasteiger partial charge in [-0.25, -0.2) is 0 Å². The van der Waals surface area contributed by atoms with E-state index in [1.165, 1.54) is 5.56 Å². The van der Waals surface area contributed by atoms with Crippen molar-refractivity contribution < 1.29 is 9.53 Å².